The zero-order chi connectivity index (χ0) is 15.9. The van der Waals surface area contributed by atoms with Gasteiger partial charge < -0.3 is 0 Å². The highest BCUT2D eigenvalue weighted by molar-refractivity contribution is 5.36. The molecule has 1 aromatic carbocycles. The van der Waals surface area contributed by atoms with Gasteiger partial charge in [-0.15, -0.1) is 4.91 Å². The summed E-state index contributed by atoms with van der Waals surface area (Å²) in [4.78, 5) is 15.6. The third-order valence-electron chi connectivity index (χ3n) is 5.00. The van der Waals surface area contributed by atoms with Gasteiger partial charge in [0.05, 0.1) is 0 Å². The van der Waals surface area contributed by atoms with Crippen molar-refractivity contribution in [2.45, 2.75) is 51.0 Å². The van der Waals surface area contributed by atoms with Gasteiger partial charge in [-0.1, -0.05) is 67.6 Å². The fourth-order valence-electron chi connectivity index (χ4n) is 3.70. The van der Waals surface area contributed by atoms with E-state index in [4.69, 9.17) is 0 Å². The molecule has 1 fully saturated rings. The van der Waals surface area contributed by atoms with Crippen molar-refractivity contribution in [3.63, 3.8) is 0 Å². The molecule has 0 aliphatic heterocycles. The Balaban J connectivity index is 1.77. The highest BCUT2D eigenvalue weighted by Crippen LogP contribution is 2.31. The first-order valence-corrected chi connectivity index (χ1v) is 8.68. The quantitative estimate of drug-likeness (QED) is 0.666. The molecule has 1 heterocycles. The number of benzene rings is 1. The predicted octanol–water partition coefficient (Wildman–Crippen LogP) is 5.45. The molecule has 0 saturated heterocycles. The van der Waals surface area contributed by atoms with Crippen LogP contribution >= 0.6 is 0 Å². The van der Waals surface area contributed by atoms with Crippen molar-refractivity contribution < 1.29 is 0 Å². The first-order chi connectivity index (χ1) is 11.4. The van der Waals surface area contributed by atoms with Crippen LogP contribution in [0.1, 0.15) is 61.3 Å². The highest BCUT2D eigenvalue weighted by Gasteiger charge is 2.19. The Morgan fingerprint density at radius 2 is 1.91 bits per heavy atom. The van der Waals surface area contributed by atoms with Crippen LogP contribution in [0.25, 0.3) is 0 Å². The average molecular weight is 308 g/mol. The van der Waals surface area contributed by atoms with Crippen LogP contribution in [-0.2, 0) is 6.42 Å². The topological polar surface area (TPSA) is 42.3 Å². The maximum atomic E-state index is 11.5. The van der Waals surface area contributed by atoms with Crippen molar-refractivity contribution >= 4 is 0 Å². The van der Waals surface area contributed by atoms with Crippen LogP contribution in [-0.4, -0.2) is 4.98 Å². The Morgan fingerprint density at radius 3 is 2.65 bits per heavy atom. The number of aryl methyl sites for hydroxylation is 1. The second-order valence-corrected chi connectivity index (χ2v) is 6.54. The monoisotopic (exact) mass is 308 g/mol. The molecule has 0 radical (unpaired) electrons. The first-order valence-electron chi connectivity index (χ1n) is 8.68. The Kier molecular flexibility index (Phi) is 5.51. The number of hydrogen-bond acceptors (Lipinski definition) is 3. The van der Waals surface area contributed by atoms with Gasteiger partial charge in [-0.25, -0.2) is 0 Å². The van der Waals surface area contributed by atoms with Crippen molar-refractivity contribution in [2.75, 3.05) is 0 Å². The van der Waals surface area contributed by atoms with Gasteiger partial charge >= 0.3 is 0 Å². The summed E-state index contributed by atoms with van der Waals surface area (Å²) in [5.74, 6) is 0.845. The van der Waals surface area contributed by atoms with E-state index in [-0.39, 0.29) is 0 Å². The molecule has 1 unspecified atom stereocenters. The summed E-state index contributed by atoms with van der Waals surface area (Å²) in [6.45, 7) is 0. The molecule has 1 atom stereocenters. The standard InChI is InChI=1S/C20H24N2O/c23-22-20(18-10-6-14-21-15-18)19-11-5-4-9-17(19)13-12-16-7-2-1-3-8-16/h4-6,9-11,14-16,20H,1-3,7-8,12-13H2. The van der Waals surface area contributed by atoms with Crippen molar-refractivity contribution in [3.05, 3.63) is 70.4 Å². The molecule has 0 N–H and O–H groups in total. The van der Waals surface area contributed by atoms with Crippen LogP contribution in [0.3, 0.4) is 0 Å². The van der Waals surface area contributed by atoms with E-state index < -0.39 is 6.04 Å². The second kappa shape index (κ2) is 8.00. The first kappa shape index (κ1) is 15.9. The van der Waals surface area contributed by atoms with E-state index in [2.05, 4.69) is 22.3 Å². The van der Waals surface area contributed by atoms with Crippen LogP contribution < -0.4 is 0 Å². The van der Waals surface area contributed by atoms with Gasteiger partial charge in [-0.2, -0.15) is 0 Å². The van der Waals surface area contributed by atoms with E-state index in [0.717, 1.165) is 23.5 Å². The lowest BCUT2D eigenvalue weighted by Crippen LogP contribution is -2.09. The molecule has 1 aliphatic carbocycles. The molecule has 0 spiro atoms. The molecular weight excluding hydrogens is 284 g/mol. The molecule has 3 rings (SSSR count). The summed E-state index contributed by atoms with van der Waals surface area (Å²) in [6.07, 6.45) is 12.6. The maximum Gasteiger partial charge on any atom is 0.144 e. The lowest BCUT2D eigenvalue weighted by Gasteiger charge is -2.22. The molecule has 120 valence electrons. The zero-order valence-electron chi connectivity index (χ0n) is 13.5. The number of nitroso groups, excluding NO2 is 1. The zero-order valence-corrected chi connectivity index (χ0v) is 13.5. The SMILES string of the molecule is O=NC(c1cccnc1)c1ccccc1CCC1CCCCC1. The van der Waals surface area contributed by atoms with Crippen molar-refractivity contribution in [3.8, 4) is 0 Å². The molecule has 3 heteroatoms. The Labute approximate surface area is 138 Å². The summed E-state index contributed by atoms with van der Waals surface area (Å²) in [7, 11) is 0. The number of aromatic nitrogens is 1. The number of hydrogen-bond donors (Lipinski definition) is 0. The largest absolute Gasteiger partial charge is 0.264 e. The minimum absolute atomic E-state index is 0.453. The summed E-state index contributed by atoms with van der Waals surface area (Å²) in [5.41, 5.74) is 3.16. The highest BCUT2D eigenvalue weighted by atomic mass is 16.3. The van der Waals surface area contributed by atoms with E-state index in [1.807, 2.05) is 24.3 Å². The molecular formula is C20H24N2O. The fraction of sp³-hybridized carbons (Fsp3) is 0.450. The van der Waals surface area contributed by atoms with Crippen molar-refractivity contribution in [1.29, 1.82) is 0 Å². The van der Waals surface area contributed by atoms with Gasteiger partial charge in [-0.05, 0) is 36.0 Å². The Bertz CT molecular complexity index is 621. The summed E-state index contributed by atoms with van der Waals surface area (Å²) < 4.78 is 0. The smallest absolute Gasteiger partial charge is 0.144 e. The molecule has 1 aromatic heterocycles. The van der Waals surface area contributed by atoms with Gasteiger partial charge in [0.2, 0.25) is 0 Å². The van der Waals surface area contributed by atoms with E-state index >= 15 is 0 Å². The van der Waals surface area contributed by atoms with Crippen molar-refractivity contribution in [2.24, 2.45) is 11.1 Å². The lowest BCUT2D eigenvalue weighted by molar-refractivity contribution is 0.339. The van der Waals surface area contributed by atoms with E-state index in [1.165, 1.54) is 44.1 Å². The second-order valence-electron chi connectivity index (χ2n) is 6.54. The normalized spacial score (nSPS) is 16.9. The van der Waals surface area contributed by atoms with Crippen LogP contribution in [0.15, 0.2) is 54.0 Å². The molecule has 1 aliphatic rings. The molecule has 3 nitrogen and oxygen atoms in total. The summed E-state index contributed by atoms with van der Waals surface area (Å²) >= 11 is 0. The molecule has 0 bridgehead atoms. The van der Waals surface area contributed by atoms with Crippen LogP contribution in [0.2, 0.25) is 0 Å². The number of pyridine rings is 1. The third-order valence-corrected chi connectivity index (χ3v) is 5.00. The molecule has 1 saturated carbocycles. The van der Waals surface area contributed by atoms with E-state index in [0.29, 0.717) is 0 Å². The third kappa shape index (κ3) is 4.04. The minimum Gasteiger partial charge on any atom is -0.264 e. The number of nitrogens with zero attached hydrogens (tertiary/aromatic N) is 2. The molecule has 2 aromatic rings. The maximum absolute atomic E-state index is 11.5. The van der Waals surface area contributed by atoms with Crippen LogP contribution in [0.4, 0.5) is 0 Å². The minimum atomic E-state index is -0.453. The molecule has 23 heavy (non-hydrogen) atoms. The van der Waals surface area contributed by atoms with E-state index in [1.54, 1.807) is 12.4 Å². The van der Waals surface area contributed by atoms with E-state index in [9.17, 15) is 4.91 Å². The van der Waals surface area contributed by atoms with Gasteiger partial charge in [-0.3, -0.25) is 4.98 Å². The molecule has 0 amide bonds. The Morgan fingerprint density at radius 1 is 1.09 bits per heavy atom. The number of rotatable bonds is 6. The average Bonchev–Trinajstić information content (AvgIpc) is 2.63. The van der Waals surface area contributed by atoms with Gasteiger partial charge in [0.25, 0.3) is 0 Å². The fourth-order valence-corrected chi connectivity index (χ4v) is 3.70. The summed E-state index contributed by atoms with van der Waals surface area (Å²) in [6, 6.07) is 11.6. The van der Waals surface area contributed by atoms with Crippen molar-refractivity contribution in [1.82, 2.24) is 4.98 Å². The van der Waals surface area contributed by atoms with Crippen LogP contribution in [0, 0.1) is 10.8 Å². The van der Waals surface area contributed by atoms with Crippen LogP contribution in [0.5, 0.6) is 0 Å². The van der Waals surface area contributed by atoms with Gasteiger partial charge in [0.15, 0.2) is 0 Å². The van der Waals surface area contributed by atoms with Gasteiger partial charge in [0, 0.05) is 18.0 Å². The van der Waals surface area contributed by atoms with Gasteiger partial charge in [0.1, 0.15) is 6.04 Å². The summed E-state index contributed by atoms with van der Waals surface area (Å²) in [5, 5.41) is 3.39. The lowest BCUT2D eigenvalue weighted by atomic mass is 9.84. The predicted molar refractivity (Wildman–Crippen MR) is 93.2 cm³/mol. The Hall–Kier alpha value is -2.03.